The number of aliphatic carboxylic acids is 2. The predicted molar refractivity (Wildman–Crippen MR) is 264 cm³/mol. The molecule has 0 saturated carbocycles. The molecule has 1 unspecified atom stereocenters. The summed E-state index contributed by atoms with van der Waals surface area (Å²) in [6, 6.07) is 0.998. The molecule has 0 spiro atoms. The summed E-state index contributed by atoms with van der Waals surface area (Å²) in [6.07, 6.45) is 4.64. The van der Waals surface area contributed by atoms with Crippen molar-refractivity contribution < 1.29 is 58.1 Å². The minimum absolute atomic E-state index is 0.00610. The van der Waals surface area contributed by atoms with Crippen LogP contribution in [0.4, 0.5) is 0 Å². The van der Waals surface area contributed by atoms with Gasteiger partial charge in [0.1, 0.15) is 35.9 Å². The van der Waals surface area contributed by atoms with Gasteiger partial charge in [0.2, 0.25) is 35.4 Å². The van der Waals surface area contributed by atoms with Crippen LogP contribution >= 0.6 is 0 Å². The zero-order chi connectivity index (χ0) is 53.7. The maximum atomic E-state index is 14.4. The fourth-order valence-electron chi connectivity index (χ4n) is 7.46. The molecule has 1 heterocycles. The van der Waals surface area contributed by atoms with Crippen LogP contribution in [0.5, 0.6) is 0 Å². The van der Waals surface area contributed by atoms with E-state index in [2.05, 4.69) is 43.5 Å². The summed E-state index contributed by atoms with van der Waals surface area (Å²) in [5.41, 5.74) is 12.4. The topological polar surface area (TPSA) is 343 Å². The van der Waals surface area contributed by atoms with Gasteiger partial charge in [-0.1, -0.05) is 95.3 Å². The van der Waals surface area contributed by atoms with E-state index in [0.717, 1.165) is 10.5 Å². The number of nitrogens with zero attached hydrogens (tertiary/aromatic N) is 2. The van der Waals surface area contributed by atoms with E-state index in [1.165, 1.54) is 33.9 Å². The number of carboxylic acid groups (broad SMARTS) is 2. The van der Waals surface area contributed by atoms with Gasteiger partial charge in [-0.2, -0.15) is 0 Å². The highest BCUT2D eigenvalue weighted by atomic mass is 16.5. The highest BCUT2D eigenvalue weighted by Gasteiger charge is 2.37. The molecule has 22 nitrogen and oxygen atoms in total. The number of likely N-dealkylation sites (N-methyl/N-ethyl adjacent to an activating group) is 1. The van der Waals surface area contributed by atoms with Crippen LogP contribution in [0.25, 0.3) is 0 Å². The van der Waals surface area contributed by atoms with E-state index in [9.17, 15) is 53.4 Å². The third-order valence-electron chi connectivity index (χ3n) is 12.0. The van der Waals surface area contributed by atoms with E-state index in [4.69, 9.17) is 16.2 Å². The molecule has 0 aliphatic carbocycles. The van der Waals surface area contributed by atoms with Crippen molar-refractivity contribution in [1.82, 2.24) is 36.8 Å². The zero-order valence-corrected chi connectivity index (χ0v) is 42.2. The van der Waals surface area contributed by atoms with Crippen molar-refractivity contribution in [2.24, 2.45) is 40.1 Å². The summed E-state index contributed by atoms with van der Waals surface area (Å²) in [6.45, 7) is 14.9. The van der Waals surface area contributed by atoms with Crippen LogP contribution in [0, 0.1) is 23.7 Å². The standard InChI is InChI=1S/C49H74N10O12/c1-26(2)23-37-46(66)58-40(48(69)70)30(6)42(62)55-35(17-14-22-52-49(50)51)45(65)54-34(19-18-27(3)24-28(4)38(71-10)25-33-15-12-11-13-16-33)29(5)41(61)56-36(47(67)68)20-21-39(60)59(9)32(8)44(64)53-31(7)43(63)57-37/h11-13,15-16,18-19,24,26,28-31,34-38,40H,8,14,17,20-23,25H2,1-7,9-10H3,(H,53,64)(H,54,65)(H,55,62)(H,56,61)(H,57,63)(H,58,66)(H,67,68)(H,69,70)(H4,50,51,52)/b19-18+,27-24-/t28-,29-,30-,31+,34-,35-,36?,37-,38-,40+/m0/s1. The Morgan fingerprint density at radius 1 is 0.845 bits per heavy atom. The van der Waals surface area contributed by atoms with Gasteiger partial charge in [-0.3, -0.25) is 38.6 Å². The lowest BCUT2D eigenvalue weighted by Gasteiger charge is -2.28. The molecule has 1 aliphatic rings. The molecule has 2 rings (SSSR count). The van der Waals surface area contributed by atoms with E-state index in [0.29, 0.717) is 12.0 Å². The average molecular weight is 995 g/mol. The lowest BCUT2D eigenvalue weighted by Crippen LogP contribution is -2.59. The first-order valence-corrected chi connectivity index (χ1v) is 23.5. The first-order valence-electron chi connectivity index (χ1n) is 23.5. The fourth-order valence-corrected chi connectivity index (χ4v) is 7.46. The van der Waals surface area contributed by atoms with Crippen molar-refractivity contribution in [2.45, 2.75) is 129 Å². The second kappa shape index (κ2) is 29.2. The van der Waals surface area contributed by atoms with E-state index in [1.54, 1.807) is 34.0 Å². The molecule has 1 aromatic rings. The van der Waals surface area contributed by atoms with Gasteiger partial charge in [-0.25, -0.2) is 9.59 Å². The number of nitrogens with two attached hydrogens (primary N) is 2. The van der Waals surface area contributed by atoms with Crippen molar-refractivity contribution in [3.63, 3.8) is 0 Å². The summed E-state index contributed by atoms with van der Waals surface area (Å²) in [4.78, 5) is 126. The number of aliphatic imine (C=N–C) groups is 1. The zero-order valence-electron chi connectivity index (χ0n) is 42.2. The molecule has 1 aliphatic heterocycles. The van der Waals surface area contributed by atoms with Crippen molar-refractivity contribution >= 4 is 59.2 Å². The Kier molecular flexibility index (Phi) is 24.7. The Bertz CT molecular complexity index is 2160. The number of methoxy groups -OCH3 is 1. The molecular formula is C49H74N10O12. The van der Waals surface area contributed by atoms with Gasteiger partial charge in [0.25, 0.3) is 5.91 Å². The monoisotopic (exact) mass is 995 g/mol. The Hall–Kier alpha value is -7.10. The number of amides is 7. The quantitative estimate of drug-likeness (QED) is 0.0379. The maximum absolute atomic E-state index is 14.4. The van der Waals surface area contributed by atoms with Gasteiger partial charge < -0.3 is 63.2 Å². The third-order valence-corrected chi connectivity index (χ3v) is 12.0. The Labute approximate surface area is 415 Å². The number of guanidine groups is 1. The van der Waals surface area contributed by atoms with Crippen molar-refractivity contribution in [3.05, 3.63) is 72.0 Å². The molecule has 71 heavy (non-hydrogen) atoms. The Morgan fingerprint density at radius 2 is 1.45 bits per heavy atom. The van der Waals surface area contributed by atoms with Crippen molar-refractivity contribution in [2.75, 3.05) is 20.7 Å². The van der Waals surface area contributed by atoms with E-state index in [1.807, 2.05) is 43.3 Å². The molecule has 0 bridgehead atoms. The number of rotatable bonds is 15. The Morgan fingerprint density at radius 3 is 2.03 bits per heavy atom. The maximum Gasteiger partial charge on any atom is 0.327 e. The smallest absolute Gasteiger partial charge is 0.327 e. The number of nitrogens with one attached hydrogen (secondary N) is 6. The molecule has 0 aromatic heterocycles. The molecule has 0 radical (unpaired) electrons. The van der Waals surface area contributed by atoms with Crippen LogP contribution in [-0.4, -0.2) is 137 Å². The van der Waals surface area contributed by atoms with E-state index < -0.39 is 120 Å². The van der Waals surface area contributed by atoms with Gasteiger partial charge in [0, 0.05) is 33.0 Å². The molecule has 12 N–H and O–H groups in total. The number of carboxylic acids is 2. The highest BCUT2D eigenvalue weighted by Crippen LogP contribution is 2.19. The normalized spacial score (nSPS) is 25.3. The largest absolute Gasteiger partial charge is 0.480 e. The van der Waals surface area contributed by atoms with Gasteiger partial charge >= 0.3 is 11.9 Å². The van der Waals surface area contributed by atoms with Crippen LogP contribution in [0.3, 0.4) is 0 Å². The molecule has 1 fully saturated rings. The van der Waals surface area contributed by atoms with Gasteiger partial charge in [-0.05, 0) is 57.4 Å². The minimum atomic E-state index is -1.88. The van der Waals surface area contributed by atoms with E-state index in [-0.39, 0.29) is 49.7 Å². The number of carbonyl (C=O) groups excluding carboxylic acids is 7. The number of carbonyl (C=O) groups is 9. The third kappa shape index (κ3) is 20.0. The lowest BCUT2D eigenvalue weighted by atomic mass is 9.94. The second-order valence-corrected chi connectivity index (χ2v) is 18.3. The summed E-state index contributed by atoms with van der Waals surface area (Å²) >= 11 is 0. The van der Waals surface area contributed by atoms with Gasteiger partial charge in [0.15, 0.2) is 5.96 Å². The van der Waals surface area contributed by atoms with Gasteiger partial charge in [0.05, 0.1) is 24.0 Å². The summed E-state index contributed by atoms with van der Waals surface area (Å²) in [7, 11) is 2.82. The number of hydrogen-bond donors (Lipinski definition) is 10. The molecule has 1 aromatic carbocycles. The van der Waals surface area contributed by atoms with E-state index >= 15 is 0 Å². The van der Waals surface area contributed by atoms with Crippen LogP contribution in [-0.2, 0) is 54.3 Å². The number of allylic oxidation sites excluding steroid dienone is 2. The van der Waals surface area contributed by atoms with Crippen LogP contribution in [0.1, 0.15) is 86.1 Å². The minimum Gasteiger partial charge on any atom is -0.480 e. The SMILES string of the molecule is C=C1C(=O)N[C@H](C)C(=O)N[C@@H](CC(C)C)C(=O)N[C@@H](C(=O)O)[C@H](C)C(=O)N[C@@H](CCCN=C(N)N)C(=O)N[C@@H](/C=C/C(C)=C\[C@H](C)[C@H](Cc2ccccc2)OC)[C@H](C)C(=O)NC(C(=O)O)CCC(=O)N1C. The lowest BCUT2D eigenvalue weighted by molar-refractivity contribution is -0.146. The summed E-state index contributed by atoms with van der Waals surface area (Å²) < 4.78 is 5.81. The fraction of sp³-hybridized carbons (Fsp3) is 0.551. The van der Waals surface area contributed by atoms with Crippen LogP contribution in [0.15, 0.2) is 71.4 Å². The number of hydrogen-bond acceptors (Lipinski definition) is 11. The first-order chi connectivity index (χ1) is 33.3. The first kappa shape index (κ1) is 60.0. The number of ether oxygens (including phenoxy) is 1. The molecule has 10 atom stereocenters. The summed E-state index contributed by atoms with van der Waals surface area (Å²) in [5.74, 6) is -12.6. The van der Waals surface area contributed by atoms with Gasteiger partial charge in [-0.15, -0.1) is 0 Å². The molecule has 22 heteroatoms. The average Bonchev–Trinajstić information content (AvgIpc) is 3.31. The number of benzene rings is 1. The second-order valence-electron chi connectivity index (χ2n) is 18.3. The molecule has 392 valence electrons. The molecule has 1 saturated heterocycles. The van der Waals surface area contributed by atoms with Crippen LogP contribution in [0.2, 0.25) is 0 Å². The Balaban J connectivity index is 2.73. The van der Waals surface area contributed by atoms with Crippen LogP contribution < -0.4 is 43.4 Å². The van der Waals surface area contributed by atoms with Crippen molar-refractivity contribution in [3.8, 4) is 0 Å². The summed E-state index contributed by atoms with van der Waals surface area (Å²) in [5, 5.41) is 35.5. The molecule has 7 amide bonds. The highest BCUT2D eigenvalue weighted by molar-refractivity contribution is 6.00. The van der Waals surface area contributed by atoms with Crippen molar-refractivity contribution in [1.29, 1.82) is 0 Å². The predicted octanol–water partition coefficient (Wildman–Crippen LogP) is 0.618. The molecular weight excluding hydrogens is 921 g/mol.